The largest absolute Gasteiger partial charge is 0.228 e. The third-order valence-electron chi connectivity index (χ3n) is 3.35. The predicted molar refractivity (Wildman–Crippen MR) is 92.2 cm³/mol. The Morgan fingerprint density at radius 2 is 1.71 bits per heavy atom. The van der Waals surface area contributed by atoms with Crippen LogP contribution < -0.4 is 0 Å². The van der Waals surface area contributed by atoms with E-state index in [1.807, 2.05) is 44.2 Å². The average Bonchev–Trinajstić information content (AvgIpc) is 2.42. The van der Waals surface area contributed by atoms with Crippen LogP contribution in [0.3, 0.4) is 0 Å². The summed E-state index contributed by atoms with van der Waals surface area (Å²) in [5, 5.41) is 1.94. The number of aryl methyl sites for hydroxylation is 2. The highest BCUT2D eigenvalue weighted by molar-refractivity contribution is 9.10. The molecule has 0 unspecified atom stereocenters. The Hall–Kier alpha value is -1.16. The minimum atomic E-state index is 0.443. The maximum Gasteiger partial charge on any atom is 0.161 e. The van der Waals surface area contributed by atoms with Crippen molar-refractivity contribution in [3.63, 3.8) is 0 Å². The van der Waals surface area contributed by atoms with Gasteiger partial charge in [-0.2, -0.15) is 0 Å². The van der Waals surface area contributed by atoms with Crippen LogP contribution in [0.15, 0.2) is 34.8 Å². The number of hydrogen-bond acceptors (Lipinski definition) is 2. The van der Waals surface area contributed by atoms with E-state index in [1.54, 1.807) is 0 Å². The highest BCUT2D eigenvalue weighted by Gasteiger charge is 2.12. The van der Waals surface area contributed by atoms with E-state index in [-0.39, 0.29) is 0 Å². The molecule has 0 fully saturated rings. The lowest BCUT2D eigenvalue weighted by Crippen LogP contribution is -1.95. The quantitative estimate of drug-likeness (QED) is 0.484. The van der Waals surface area contributed by atoms with E-state index in [1.165, 1.54) is 0 Å². The Morgan fingerprint density at radius 1 is 0.952 bits per heavy atom. The van der Waals surface area contributed by atoms with Crippen molar-refractivity contribution >= 4 is 50.0 Å². The number of nitrogens with zero attached hydrogens (tertiary/aromatic N) is 2. The first-order valence-electron chi connectivity index (χ1n) is 6.35. The van der Waals surface area contributed by atoms with Crippen molar-refractivity contribution in [2.45, 2.75) is 13.8 Å². The maximum atomic E-state index is 6.34. The van der Waals surface area contributed by atoms with Gasteiger partial charge in [-0.25, -0.2) is 9.97 Å². The van der Waals surface area contributed by atoms with Crippen molar-refractivity contribution in [3.05, 3.63) is 56.1 Å². The van der Waals surface area contributed by atoms with Crippen LogP contribution in [0.25, 0.3) is 22.3 Å². The molecule has 0 saturated heterocycles. The molecule has 3 aromatic rings. The third-order valence-corrected chi connectivity index (χ3v) is 4.33. The Balaban J connectivity index is 2.33. The number of halogens is 3. The molecule has 106 valence electrons. The standard InChI is InChI=1S/C16H11BrCl2N2/c1-8-3-4-11(18)7-12(8)16-20-14-9(2)5-10(17)6-13(14)15(19)21-16/h3-7H,1-2H3. The van der Waals surface area contributed by atoms with Gasteiger partial charge in [0.1, 0.15) is 5.15 Å². The molecular weight excluding hydrogens is 371 g/mol. The predicted octanol–water partition coefficient (Wildman–Crippen LogP) is 5.98. The molecule has 0 bridgehead atoms. The summed E-state index contributed by atoms with van der Waals surface area (Å²) in [5.74, 6) is 0.595. The molecule has 2 aromatic carbocycles. The fraction of sp³-hybridized carbons (Fsp3) is 0.125. The summed E-state index contributed by atoms with van der Waals surface area (Å²) in [6, 6.07) is 9.61. The van der Waals surface area contributed by atoms with Gasteiger partial charge in [0.05, 0.1) is 5.52 Å². The molecule has 0 N–H and O–H groups in total. The Morgan fingerprint density at radius 3 is 2.48 bits per heavy atom. The Bertz CT molecular complexity index is 863. The van der Waals surface area contributed by atoms with Crippen molar-refractivity contribution in [3.8, 4) is 11.4 Å². The molecule has 21 heavy (non-hydrogen) atoms. The van der Waals surface area contributed by atoms with Crippen LogP contribution in [0.4, 0.5) is 0 Å². The van der Waals surface area contributed by atoms with Crippen LogP contribution in [-0.2, 0) is 0 Å². The van der Waals surface area contributed by atoms with E-state index in [9.17, 15) is 0 Å². The van der Waals surface area contributed by atoms with E-state index in [0.717, 1.165) is 32.1 Å². The van der Waals surface area contributed by atoms with Crippen LogP contribution in [0.2, 0.25) is 10.2 Å². The number of hydrogen-bond donors (Lipinski definition) is 0. The van der Waals surface area contributed by atoms with E-state index in [2.05, 4.69) is 25.9 Å². The lowest BCUT2D eigenvalue weighted by Gasteiger charge is -2.09. The molecule has 5 heteroatoms. The van der Waals surface area contributed by atoms with Gasteiger partial charge in [-0.1, -0.05) is 45.2 Å². The zero-order chi connectivity index (χ0) is 15.1. The molecule has 1 aromatic heterocycles. The molecule has 0 amide bonds. The van der Waals surface area contributed by atoms with Crippen LogP contribution in [0, 0.1) is 13.8 Å². The number of fused-ring (bicyclic) bond motifs is 1. The van der Waals surface area contributed by atoms with Crippen molar-refractivity contribution in [2.75, 3.05) is 0 Å². The summed E-state index contributed by atoms with van der Waals surface area (Å²) >= 11 is 15.9. The minimum Gasteiger partial charge on any atom is -0.228 e. The lowest BCUT2D eigenvalue weighted by atomic mass is 10.1. The second-order valence-electron chi connectivity index (χ2n) is 4.92. The minimum absolute atomic E-state index is 0.443. The van der Waals surface area contributed by atoms with Gasteiger partial charge in [-0.3, -0.25) is 0 Å². The summed E-state index contributed by atoms with van der Waals surface area (Å²) in [5.41, 5.74) is 3.86. The topological polar surface area (TPSA) is 25.8 Å². The summed E-state index contributed by atoms with van der Waals surface area (Å²) in [6.45, 7) is 4.01. The Labute approximate surface area is 141 Å². The van der Waals surface area contributed by atoms with Gasteiger partial charge >= 0.3 is 0 Å². The second-order valence-corrected chi connectivity index (χ2v) is 6.63. The lowest BCUT2D eigenvalue weighted by molar-refractivity contribution is 1.20. The normalized spacial score (nSPS) is 11.1. The molecule has 0 spiro atoms. The summed E-state index contributed by atoms with van der Waals surface area (Å²) in [4.78, 5) is 9.10. The summed E-state index contributed by atoms with van der Waals surface area (Å²) in [6.07, 6.45) is 0. The second kappa shape index (κ2) is 5.56. The fourth-order valence-electron chi connectivity index (χ4n) is 2.28. The fourth-order valence-corrected chi connectivity index (χ4v) is 3.25. The zero-order valence-electron chi connectivity index (χ0n) is 11.4. The van der Waals surface area contributed by atoms with Gasteiger partial charge in [-0.05, 0) is 49.2 Å². The van der Waals surface area contributed by atoms with Gasteiger partial charge in [0.15, 0.2) is 5.82 Å². The van der Waals surface area contributed by atoms with Crippen LogP contribution in [-0.4, -0.2) is 9.97 Å². The highest BCUT2D eigenvalue weighted by Crippen LogP contribution is 2.31. The molecule has 0 saturated carbocycles. The third kappa shape index (κ3) is 2.78. The van der Waals surface area contributed by atoms with Crippen molar-refractivity contribution in [2.24, 2.45) is 0 Å². The Kier molecular flexibility index (Phi) is 3.91. The first-order valence-corrected chi connectivity index (χ1v) is 7.90. The molecule has 0 aliphatic carbocycles. The van der Waals surface area contributed by atoms with Gasteiger partial charge in [0, 0.05) is 20.4 Å². The van der Waals surface area contributed by atoms with Crippen molar-refractivity contribution in [1.29, 1.82) is 0 Å². The molecule has 1 heterocycles. The van der Waals surface area contributed by atoms with Crippen molar-refractivity contribution in [1.82, 2.24) is 9.97 Å². The molecule has 0 radical (unpaired) electrons. The molecule has 2 nitrogen and oxygen atoms in total. The molecule has 0 atom stereocenters. The molecular formula is C16H11BrCl2N2. The van der Waals surface area contributed by atoms with Gasteiger partial charge < -0.3 is 0 Å². The van der Waals surface area contributed by atoms with E-state index in [4.69, 9.17) is 23.2 Å². The maximum absolute atomic E-state index is 6.34. The van der Waals surface area contributed by atoms with Gasteiger partial charge in [0.25, 0.3) is 0 Å². The first-order chi connectivity index (χ1) is 9.95. The summed E-state index contributed by atoms with van der Waals surface area (Å²) in [7, 11) is 0. The van der Waals surface area contributed by atoms with E-state index in [0.29, 0.717) is 16.0 Å². The SMILES string of the molecule is Cc1ccc(Cl)cc1-c1nc(Cl)c2cc(Br)cc(C)c2n1. The van der Waals surface area contributed by atoms with Crippen molar-refractivity contribution < 1.29 is 0 Å². The van der Waals surface area contributed by atoms with Crippen LogP contribution in [0.5, 0.6) is 0 Å². The van der Waals surface area contributed by atoms with E-state index >= 15 is 0 Å². The van der Waals surface area contributed by atoms with E-state index < -0.39 is 0 Å². The van der Waals surface area contributed by atoms with Gasteiger partial charge in [-0.15, -0.1) is 0 Å². The monoisotopic (exact) mass is 380 g/mol. The highest BCUT2D eigenvalue weighted by atomic mass is 79.9. The van der Waals surface area contributed by atoms with Gasteiger partial charge in [0.2, 0.25) is 0 Å². The molecule has 3 rings (SSSR count). The molecule has 0 aliphatic heterocycles. The van der Waals surface area contributed by atoms with Crippen LogP contribution >= 0.6 is 39.1 Å². The number of rotatable bonds is 1. The molecule has 0 aliphatic rings. The van der Waals surface area contributed by atoms with Crippen LogP contribution in [0.1, 0.15) is 11.1 Å². The first kappa shape index (κ1) is 14.8. The average molecular weight is 382 g/mol. The zero-order valence-corrected chi connectivity index (χ0v) is 14.5. The number of aromatic nitrogens is 2. The summed E-state index contributed by atoms with van der Waals surface area (Å²) < 4.78 is 0.963. The smallest absolute Gasteiger partial charge is 0.161 e. The number of benzene rings is 2.